The van der Waals surface area contributed by atoms with E-state index in [0.717, 1.165) is 0 Å². The van der Waals surface area contributed by atoms with Gasteiger partial charge >= 0.3 is 0 Å². The molecule has 188 valence electrons. The first-order valence-electron chi connectivity index (χ1n) is 11.4. The maximum absolute atomic E-state index is 14.8. The Morgan fingerprint density at radius 1 is 1.19 bits per heavy atom. The Morgan fingerprint density at radius 3 is 2.64 bits per heavy atom. The number of hydrogen-bond donors (Lipinski definition) is 2. The number of amides is 1. The molecule has 0 saturated heterocycles. The lowest BCUT2D eigenvalue weighted by atomic mass is 10.1. The third kappa shape index (κ3) is 5.54. The number of benzene rings is 2. The Hall–Kier alpha value is -3.79. The molecule has 0 radical (unpaired) electrons. The molecule has 0 bridgehead atoms. The van der Waals surface area contributed by atoms with Gasteiger partial charge in [0.15, 0.2) is 0 Å². The van der Waals surface area contributed by atoms with E-state index in [9.17, 15) is 13.4 Å². The Balaban J connectivity index is 1.51. The number of hydrogen-bond acceptors (Lipinski definition) is 6. The molecule has 36 heavy (non-hydrogen) atoms. The summed E-state index contributed by atoms with van der Waals surface area (Å²) in [6.07, 6.45) is 4.70. The highest BCUT2D eigenvalue weighted by atomic mass is 32.2. The lowest BCUT2D eigenvalue weighted by Crippen LogP contribution is -2.22. The molecule has 2 aromatic heterocycles. The van der Waals surface area contributed by atoms with Gasteiger partial charge in [0.1, 0.15) is 17.3 Å². The standard InChI is InChI=1S/C26H28FN5O3S/c1-5-36(28,34)20-8-9-23-21(14-20)24(10-11-29-23)35-19-7-6-17(22(27)13-19)12-25(33)31-18-15-30-32(16-18)26(2,3)4/h6-11,13-16,28H,5,12H2,1-4H3,(H,31,33). The Labute approximate surface area is 209 Å². The first kappa shape index (κ1) is 25.3. The largest absolute Gasteiger partial charge is 0.456 e. The lowest BCUT2D eigenvalue weighted by Gasteiger charge is -2.18. The molecule has 2 N–H and O–H groups in total. The summed E-state index contributed by atoms with van der Waals surface area (Å²) in [5.41, 5.74) is 1.15. The third-order valence-electron chi connectivity index (χ3n) is 5.62. The van der Waals surface area contributed by atoms with E-state index in [1.807, 2.05) is 20.8 Å². The van der Waals surface area contributed by atoms with Crippen LogP contribution in [0.5, 0.6) is 11.5 Å². The van der Waals surface area contributed by atoms with Gasteiger partial charge in [-0.25, -0.2) is 13.4 Å². The number of nitrogens with one attached hydrogen (secondary N) is 2. The van der Waals surface area contributed by atoms with Crippen LogP contribution in [0.4, 0.5) is 10.1 Å². The number of carbonyl (C=O) groups is 1. The van der Waals surface area contributed by atoms with Crippen LogP contribution in [0.3, 0.4) is 0 Å². The van der Waals surface area contributed by atoms with Gasteiger partial charge in [-0.2, -0.15) is 5.10 Å². The fourth-order valence-corrected chi connectivity index (χ4v) is 4.48. The van der Waals surface area contributed by atoms with Crippen LogP contribution < -0.4 is 10.1 Å². The van der Waals surface area contributed by atoms with E-state index in [1.165, 1.54) is 12.1 Å². The monoisotopic (exact) mass is 509 g/mol. The molecule has 0 aliphatic heterocycles. The summed E-state index contributed by atoms with van der Waals surface area (Å²) >= 11 is 0. The van der Waals surface area contributed by atoms with Crippen LogP contribution in [0.25, 0.3) is 10.9 Å². The summed E-state index contributed by atoms with van der Waals surface area (Å²) in [5.74, 6) is -0.114. The average Bonchev–Trinajstić information content (AvgIpc) is 3.30. The van der Waals surface area contributed by atoms with Crippen LogP contribution in [0.15, 0.2) is 66.0 Å². The second-order valence-corrected chi connectivity index (χ2v) is 11.8. The summed E-state index contributed by atoms with van der Waals surface area (Å²) in [6.45, 7) is 7.69. The Bertz CT molecular complexity index is 1540. The third-order valence-corrected chi connectivity index (χ3v) is 7.45. The minimum Gasteiger partial charge on any atom is -0.456 e. The van der Waals surface area contributed by atoms with E-state index in [4.69, 9.17) is 9.52 Å². The van der Waals surface area contributed by atoms with Gasteiger partial charge in [-0.05, 0) is 56.7 Å². The first-order chi connectivity index (χ1) is 17.0. The summed E-state index contributed by atoms with van der Waals surface area (Å²) in [7, 11) is -2.92. The highest BCUT2D eigenvalue weighted by Crippen LogP contribution is 2.31. The molecule has 1 unspecified atom stereocenters. The maximum atomic E-state index is 14.8. The number of rotatable bonds is 7. The van der Waals surface area contributed by atoms with Gasteiger partial charge in [0.05, 0.1) is 39.1 Å². The molecule has 10 heteroatoms. The number of halogens is 1. The zero-order valence-corrected chi connectivity index (χ0v) is 21.4. The van der Waals surface area contributed by atoms with Gasteiger partial charge < -0.3 is 10.1 Å². The van der Waals surface area contributed by atoms with E-state index in [2.05, 4.69) is 15.4 Å². The Morgan fingerprint density at radius 2 is 1.97 bits per heavy atom. The van der Waals surface area contributed by atoms with Gasteiger partial charge in [0, 0.05) is 34.5 Å². The number of nitrogens with zero attached hydrogens (tertiary/aromatic N) is 3. The van der Waals surface area contributed by atoms with Crippen molar-refractivity contribution in [1.82, 2.24) is 14.8 Å². The predicted octanol–water partition coefficient (Wildman–Crippen LogP) is 5.72. The smallest absolute Gasteiger partial charge is 0.228 e. The molecule has 0 spiro atoms. The van der Waals surface area contributed by atoms with Crippen LogP contribution >= 0.6 is 0 Å². The minimum absolute atomic E-state index is 0.150. The number of carbonyl (C=O) groups excluding carboxylic acids is 1. The highest BCUT2D eigenvalue weighted by Gasteiger charge is 2.16. The van der Waals surface area contributed by atoms with Crippen LogP contribution in [-0.2, 0) is 26.5 Å². The molecule has 0 aliphatic carbocycles. The van der Waals surface area contributed by atoms with Gasteiger partial charge in [-0.1, -0.05) is 13.0 Å². The summed E-state index contributed by atoms with van der Waals surface area (Å²) < 4.78 is 43.1. The van der Waals surface area contributed by atoms with Gasteiger partial charge in [0.25, 0.3) is 0 Å². The zero-order chi connectivity index (χ0) is 26.1. The zero-order valence-electron chi connectivity index (χ0n) is 20.5. The molecule has 1 atom stereocenters. The average molecular weight is 510 g/mol. The SMILES string of the molecule is CCS(=N)(=O)c1ccc2nccc(Oc3ccc(CC(=O)Nc4cnn(C(C)(C)C)c4)c(F)c3)c2c1. The van der Waals surface area contributed by atoms with E-state index in [0.29, 0.717) is 27.2 Å². The van der Waals surface area contributed by atoms with Crippen LogP contribution in [0.1, 0.15) is 33.3 Å². The van der Waals surface area contributed by atoms with Gasteiger partial charge in [-0.15, -0.1) is 0 Å². The summed E-state index contributed by atoms with van der Waals surface area (Å²) in [6, 6.07) is 10.9. The lowest BCUT2D eigenvalue weighted by molar-refractivity contribution is -0.115. The fourth-order valence-electron chi connectivity index (χ4n) is 3.56. The van der Waals surface area contributed by atoms with Crippen molar-refractivity contribution in [2.75, 3.05) is 11.1 Å². The predicted molar refractivity (Wildman–Crippen MR) is 137 cm³/mol. The van der Waals surface area contributed by atoms with Crippen molar-refractivity contribution in [2.45, 2.75) is 44.6 Å². The molecule has 0 saturated carbocycles. The molecule has 4 rings (SSSR count). The molecule has 0 aliphatic rings. The van der Waals surface area contributed by atoms with E-state index < -0.39 is 15.5 Å². The number of fused-ring (bicyclic) bond motifs is 1. The highest BCUT2D eigenvalue weighted by molar-refractivity contribution is 7.92. The van der Waals surface area contributed by atoms with Crippen molar-refractivity contribution in [3.05, 3.63) is 72.4 Å². The van der Waals surface area contributed by atoms with Gasteiger partial charge in [0.2, 0.25) is 5.91 Å². The fraction of sp³-hybridized carbons (Fsp3) is 0.269. The topological polar surface area (TPSA) is 110 Å². The molecule has 2 aromatic carbocycles. The molecular formula is C26H28FN5O3S. The summed E-state index contributed by atoms with van der Waals surface area (Å²) in [5, 5.41) is 7.56. The van der Waals surface area contributed by atoms with Crippen molar-refractivity contribution in [2.24, 2.45) is 0 Å². The van der Waals surface area contributed by atoms with E-state index in [1.54, 1.807) is 60.5 Å². The van der Waals surface area contributed by atoms with Crippen molar-refractivity contribution >= 4 is 32.2 Å². The quantitative estimate of drug-likeness (QED) is 0.331. The van der Waals surface area contributed by atoms with Gasteiger partial charge in [-0.3, -0.25) is 14.5 Å². The molecule has 1 amide bonds. The minimum atomic E-state index is -2.92. The first-order valence-corrected chi connectivity index (χ1v) is 13.2. The van der Waals surface area contributed by atoms with Crippen molar-refractivity contribution in [1.29, 1.82) is 4.78 Å². The second kappa shape index (κ2) is 9.69. The van der Waals surface area contributed by atoms with Crippen molar-refractivity contribution in [3.8, 4) is 11.5 Å². The Kier molecular flexibility index (Phi) is 6.81. The maximum Gasteiger partial charge on any atom is 0.228 e. The number of aromatic nitrogens is 3. The number of ether oxygens (including phenoxy) is 1. The normalized spacial score (nSPS) is 13.4. The second-order valence-electron chi connectivity index (χ2n) is 9.38. The van der Waals surface area contributed by atoms with Crippen LogP contribution in [0.2, 0.25) is 0 Å². The van der Waals surface area contributed by atoms with Crippen molar-refractivity contribution < 1.29 is 18.1 Å². The number of pyridine rings is 1. The number of anilines is 1. The molecular weight excluding hydrogens is 481 g/mol. The van der Waals surface area contributed by atoms with Crippen LogP contribution in [0, 0.1) is 10.6 Å². The van der Waals surface area contributed by atoms with Crippen LogP contribution in [-0.4, -0.2) is 30.6 Å². The molecule has 2 heterocycles. The van der Waals surface area contributed by atoms with E-state index >= 15 is 0 Å². The summed E-state index contributed by atoms with van der Waals surface area (Å²) in [4.78, 5) is 17.1. The molecule has 0 fully saturated rings. The van der Waals surface area contributed by atoms with E-state index in [-0.39, 0.29) is 34.9 Å². The van der Waals surface area contributed by atoms with Crippen molar-refractivity contribution in [3.63, 3.8) is 0 Å². The molecule has 8 nitrogen and oxygen atoms in total. The molecule has 4 aromatic rings.